The Morgan fingerprint density at radius 1 is 1.12 bits per heavy atom. The van der Waals surface area contributed by atoms with Crippen molar-refractivity contribution < 1.29 is 23.8 Å². The molecule has 2 amide bonds. The summed E-state index contributed by atoms with van der Waals surface area (Å²) in [5.41, 5.74) is 0.735. The van der Waals surface area contributed by atoms with Crippen molar-refractivity contribution in [2.24, 2.45) is 0 Å². The lowest BCUT2D eigenvalue weighted by Gasteiger charge is -2.28. The van der Waals surface area contributed by atoms with Crippen LogP contribution in [0.15, 0.2) is 54.2 Å². The minimum Gasteiger partial charge on any atom is -0.489 e. The van der Waals surface area contributed by atoms with Gasteiger partial charge in [0, 0.05) is 41.8 Å². The number of urea groups is 1. The number of fused-ring (bicyclic) bond motifs is 1. The number of thiazole rings is 1. The van der Waals surface area contributed by atoms with Crippen LogP contribution in [-0.2, 0) is 0 Å². The van der Waals surface area contributed by atoms with Gasteiger partial charge in [0.25, 0.3) is 0 Å². The fourth-order valence-corrected chi connectivity index (χ4v) is 4.97. The van der Waals surface area contributed by atoms with Crippen LogP contribution in [0.3, 0.4) is 0 Å². The highest BCUT2D eigenvalue weighted by Crippen LogP contribution is 2.34. The average Bonchev–Trinajstić information content (AvgIpc) is 3.46. The normalized spacial score (nSPS) is 14.3. The number of halogens is 1. The van der Waals surface area contributed by atoms with Crippen molar-refractivity contribution in [3.05, 3.63) is 65.6 Å². The molecule has 3 N–H and O–H groups in total. The van der Waals surface area contributed by atoms with E-state index in [1.54, 1.807) is 29.8 Å². The summed E-state index contributed by atoms with van der Waals surface area (Å²) in [6.45, 7) is 2.51. The molecule has 1 aliphatic heterocycles. The van der Waals surface area contributed by atoms with E-state index in [9.17, 15) is 19.6 Å². The first-order chi connectivity index (χ1) is 19.5. The van der Waals surface area contributed by atoms with Crippen LogP contribution in [0, 0.1) is 17.1 Å². The van der Waals surface area contributed by atoms with Crippen molar-refractivity contribution >= 4 is 39.1 Å². The summed E-state index contributed by atoms with van der Waals surface area (Å²) in [6.07, 6.45) is 5.87. The lowest BCUT2D eigenvalue weighted by atomic mass is 10.1. The number of aromatic nitrogens is 2. The molecule has 5 rings (SSSR count). The SMILES string of the molecule is N#Cc1cc2c(Oc3ccc(NC(=O)Nc4nccs4)c(F)c3)ccnc2cc1OC[C@@H](O)CN1CCCCC1. The van der Waals surface area contributed by atoms with E-state index in [4.69, 9.17) is 9.47 Å². The average molecular weight is 563 g/mol. The quantitative estimate of drug-likeness (QED) is 0.248. The van der Waals surface area contributed by atoms with Crippen LogP contribution in [0.2, 0.25) is 0 Å². The first kappa shape index (κ1) is 27.3. The van der Waals surface area contributed by atoms with E-state index in [0.717, 1.165) is 32.0 Å². The molecule has 1 aliphatic rings. The van der Waals surface area contributed by atoms with Crippen molar-refractivity contribution in [1.82, 2.24) is 14.9 Å². The smallest absolute Gasteiger partial charge is 0.325 e. The Morgan fingerprint density at radius 3 is 2.73 bits per heavy atom. The largest absolute Gasteiger partial charge is 0.489 e. The van der Waals surface area contributed by atoms with Crippen LogP contribution in [0.5, 0.6) is 17.2 Å². The van der Waals surface area contributed by atoms with Gasteiger partial charge in [-0.1, -0.05) is 6.42 Å². The van der Waals surface area contributed by atoms with Crippen molar-refractivity contribution in [3.8, 4) is 23.3 Å². The first-order valence-electron chi connectivity index (χ1n) is 12.8. The van der Waals surface area contributed by atoms with Crippen molar-refractivity contribution in [1.29, 1.82) is 5.26 Å². The number of benzene rings is 2. The van der Waals surface area contributed by atoms with Crippen molar-refractivity contribution in [2.75, 3.05) is 36.9 Å². The number of nitrogens with one attached hydrogen (secondary N) is 2. The first-order valence-corrected chi connectivity index (χ1v) is 13.7. The van der Waals surface area contributed by atoms with Crippen molar-refractivity contribution in [3.63, 3.8) is 0 Å². The maximum Gasteiger partial charge on any atom is 0.325 e. The minimum absolute atomic E-state index is 0.0305. The number of carbonyl (C=O) groups excluding carboxylic acids is 1. The van der Waals surface area contributed by atoms with E-state index >= 15 is 0 Å². The number of nitriles is 1. The van der Waals surface area contributed by atoms with Gasteiger partial charge in [-0.3, -0.25) is 10.3 Å². The second-order valence-electron chi connectivity index (χ2n) is 9.27. The molecule has 2 aromatic carbocycles. The zero-order chi connectivity index (χ0) is 27.9. The molecule has 0 unspecified atom stereocenters. The number of nitrogens with zero attached hydrogens (tertiary/aromatic N) is 4. The van der Waals surface area contributed by atoms with Gasteiger partial charge in [0.15, 0.2) is 5.13 Å². The Kier molecular flexibility index (Phi) is 8.65. The molecule has 0 saturated carbocycles. The number of likely N-dealkylation sites (tertiary alicyclic amines) is 1. The summed E-state index contributed by atoms with van der Waals surface area (Å²) in [4.78, 5) is 22.6. The number of rotatable bonds is 9. The third-order valence-electron chi connectivity index (χ3n) is 6.34. The van der Waals surface area contributed by atoms with Crippen LogP contribution >= 0.6 is 11.3 Å². The van der Waals surface area contributed by atoms with Gasteiger partial charge in [0.05, 0.1) is 16.8 Å². The van der Waals surface area contributed by atoms with Gasteiger partial charge < -0.3 is 24.8 Å². The molecule has 0 bridgehead atoms. The van der Waals surface area contributed by atoms with Crippen LogP contribution in [0.4, 0.5) is 20.0 Å². The van der Waals surface area contributed by atoms with Crippen molar-refractivity contribution in [2.45, 2.75) is 25.4 Å². The molecule has 1 atom stereocenters. The maximum absolute atomic E-state index is 14.7. The van der Waals surface area contributed by atoms with Gasteiger partial charge in [0.2, 0.25) is 0 Å². The van der Waals surface area contributed by atoms with Crippen LogP contribution in [0.25, 0.3) is 10.9 Å². The second-order valence-corrected chi connectivity index (χ2v) is 10.2. The van der Waals surface area contributed by atoms with Gasteiger partial charge >= 0.3 is 6.03 Å². The van der Waals surface area contributed by atoms with Crippen LogP contribution in [-0.4, -0.2) is 58.4 Å². The third-order valence-corrected chi connectivity index (χ3v) is 7.03. The fraction of sp³-hybridized carbons (Fsp3) is 0.286. The molecule has 3 heterocycles. The molecule has 0 aliphatic carbocycles. The highest BCUT2D eigenvalue weighted by molar-refractivity contribution is 7.13. The number of ether oxygens (including phenoxy) is 2. The Labute approximate surface area is 234 Å². The molecule has 0 spiro atoms. The number of β-amino-alcohol motifs (C(OH)–C–C–N with tert-alkyl or cyclic N) is 1. The number of piperidine rings is 1. The van der Waals surface area contributed by atoms with Crippen LogP contribution in [0.1, 0.15) is 24.8 Å². The molecule has 10 nitrogen and oxygen atoms in total. The van der Waals surface area contributed by atoms with Gasteiger partial charge in [0.1, 0.15) is 41.8 Å². The van der Waals surface area contributed by atoms with E-state index in [-0.39, 0.29) is 23.6 Å². The molecule has 2 aromatic heterocycles. The number of aliphatic hydroxyl groups is 1. The Morgan fingerprint density at radius 2 is 1.98 bits per heavy atom. The number of pyridine rings is 1. The standard InChI is InChI=1S/C28H27FN6O4S/c29-22-13-20(4-5-23(22)33-27(37)34-28-32-8-11-40-28)39-25-6-7-31-24-14-26(18(15-30)12-21(24)25)38-17-19(36)16-35-9-2-1-3-10-35/h4-8,11-14,19,36H,1-3,9-10,16-17H2,(H2,32,33,34,37)/t19-/m0/s1. The van der Waals surface area contributed by atoms with E-state index < -0.39 is 18.0 Å². The highest BCUT2D eigenvalue weighted by Gasteiger charge is 2.17. The van der Waals surface area contributed by atoms with E-state index in [1.807, 2.05) is 0 Å². The molecular formula is C28H27FN6O4S. The molecular weight excluding hydrogens is 535 g/mol. The zero-order valence-corrected chi connectivity index (χ0v) is 22.3. The highest BCUT2D eigenvalue weighted by atomic mass is 32.1. The molecule has 1 fully saturated rings. The van der Waals surface area contributed by atoms with E-state index in [1.165, 1.54) is 36.1 Å². The summed E-state index contributed by atoms with van der Waals surface area (Å²) in [6, 6.07) is 10.4. The molecule has 1 saturated heterocycles. The fourth-order valence-electron chi connectivity index (χ4n) is 4.45. The van der Waals surface area contributed by atoms with Gasteiger partial charge in [-0.15, -0.1) is 11.3 Å². The molecule has 40 heavy (non-hydrogen) atoms. The van der Waals surface area contributed by atoms with E-state index in [2.05, 4.69) is 31.6 Å². The lowest BCUT2D eigenvalue weighted by molar-refractivity contribution is 0.0617. The molecule has 4 aromatic rings. The number of carbonyl (C=O) groups is 1. The monoisotopic (exact) mass is 562 g/mol. The third kappa shape index (κ3) is 6.81. The number of hydrogen-bond donors (Lipinski definition) is 3. The van der Waals surface area contributed by atoms with Gasteiger partial charge in [-0.25, -0.2) is 14.2 Å². The zero-order valence-electron chi connectivity index (χ0n) is 21.5. The number of anilines is 2. The Bertz CT molecular complexity index is 1520. The maximum atomic E-state index is 14.7. The lowest BCUT2D eigenvalue weighted by Crippen LogP contribution is -2.38. The summed E-state index contributed by atoms with van der Waals surface area (Å²) >= 11 is 1.24. The number of aliphatic hydroxyl groups excluding tert-OH is 1. The number of hydrogen-bond acceptors (Lipinski definition) is 9. The van der Waals surface area contributed by atoms with Gasteiger partial charge in [-0.05, 0) is 50.2 Å². The number of amides is 2. The predicted octanol–water partition coefficient (Wildman–Crippen LogP) is 5.36. The molecule has 12 heteroatoms. The summed E-state index contributed by atoms with van der Waals surface area (Å²) in [5, 5.41) is 27.8. The Hall–Kier alpha value is -4.31. The Balaban J connectivity index is 1.27. The topological polar surface area (TPSA) is 133 Å². The summed E-state index contributed by atoms with van der Waals surface area (Å²) < 4.78 is 26.5. The van der Waals surface area contributed by atoms with Gasteiger partial charge in [-0.2, -0.15) is 5.26 Å². The molecule has 0 radical (unpaired) electrons. The van der Waals surface area contributed by atoms with Crippen LogP contribution < -0.4 is 20.1 Å². The van der Waals surface area contributed by atoms with E-state index in [0.29, 0.717) is 34.1 Å². The summed E-state index contributed by atoms with van der Waals surface area (Å²) in [5.74, 6) is 0.173. The second kappa shape index (κ2) is 12.7. The minimum atomic E-state index is -0.693. The molecule has 206 valence electrons. The summed E-state index contributed by atoms with van der Waals surface area (Å²) in [7, 11) is 0. The predicted molar refractivity (Wildman–Crippen MR) is 149 cm³/mol.